The molecular formula is C58H33N3O2. The van der Waals surface area contributed by atoms with Gasteiger partial charge in [0.1, 0.15) is 22.3 Å². The van der Waals surface area contributed by atoms with Crippen LogP contribution < -0.4 is 0 Å². The van der Waals surface area contributed by atoms with E-state index in [1.54, 1.807) is 0 Å². The van der Waals surface area contributed by atoms with Crippen LogP contribution in [0.3, 0.4) is 0 Å². The molecule has 0 bridgehead atoms. The van der Waals surface area contributed by atoms with E-state index in [0.717, 1.165) is 71.7 Å². The van der Waals surface area contributed by atoms with Crippen LogP contribution in [0, 0.1) is 0 Å². The molecule has 2 aliphatic rings. The topological polar surface area (TPSA) is 65.0 Å². The van der Waals surface area contributed by atoms with Crippen molar-refractivity contribution in [2.24, 2.45) is 0 Å². The van der Waals surface area contributed by atoms with Gasteiger partial charge in [-0.3, -0.25) is 0 Å². The molecule has 0 amide bonds. The van der Waals surface area contributed by atoms with Crippen molar-refractivity contribution in [2.75, 3.05) is 0 Å². The van der Waals surface area contributed by atoms with E-state index in [-0.39, 0.29) is 0 Å². The summed E-state index contributed by atoms with van der Waals surface area (Å²) < 4.78 is 13.5. The van der Waals surface area contributed by atoms with Crippen LogP contribution in [0.1, 0.15) is 22.3 Å². The maximum Gasteiger partial charge on any atom is 0.164 e. The van der Waals surface area contributed by atoms with Gasteiger partial charge in [0.25, 0.3) is 0 Å². The second-order valence-corrected chi connectivity index (χ2v) is 16.6. The molecule has 0 atom stereocenters. The molecule has 3 heterocycles. The number of fused-ring (bicyclic) bond motifs is 17. The Hall–Kier alpha value is -8.41. The lowest BCUT2D eigenvalue weighted by Gasteiger charge is -2.31. The predicted octanol–water partition coefficient (Wildman–Crippen LogP) is 14.7. The van der Waals surface area contributed by atoms with E-state index < -0.39 is 5.41 Å². The molecule has 0 fully saturated rings. The van der Waals surface area contributed by atoms with E-state index >= 15 is 0 Å². The Kier molecular flexibility index (Phi) is 6.97. The van der Waals surface area contributed by atoms with Gasteiger partial charge in [0, 0.05) is 38.2 Å². The summed E-state index contributed by atoms with van der Waals surface area (Å²) in [6.07, 6.45) is 0. The normalized spacial score (nSPS) is 13.2. The molecule has 0 radical (unpaired) electrons. The van der Waals surface area contributed by atoms with Crippen LogP contribution in [0.5, 0.6) is 0 Å². The van der Waals surface area contributed by atoms with Crippen LogP contribution in [-0.2, 0) is 5.41 Å². The van der Waals surface area contributed by atoms with Crippen LogP contribution in [0.15, 0.2) is 209 Å². The van der Waals surface area contributed by atoms with Gasteiger partial charge in [-0.2, -0.15) is 0 Å². The highest BCUT2D eigenvalue weighted by Gasteiger charge is 2.53. The Morgan fingerprint density at radius 1 is 0.302 bits per heavy atom. The minimum Gasteiger partial charge on any atom is -0.456 e. The van der Waals surface area contributed by atoms with Gasteiger partial charge in [0.15, 0.2) is 17.5 Å². The van der Waals surface area contributed by atoms with Gasteiger partial charge in [-0.1, -0.05) is 158 Å². The summed E-state index contributed by atoms with van der Waals surface area (Å²) in [5, 5.41) is 4.47. The molecule has 14 rings (SSSR count). The predicted molar refractivity (Wildman–Crippen MR) is 252 cm³/mol. The highest BCUT2D eigenvalue weighted by molar-refractivity contribution is 6.16. The second-order valence-electron chi connectivity index (χ2n) is 16.6. The Labute approximate surface area is 361 Å². The first-order valence-electron chi connectivity index (χ1n) is 21.3. The van der Waals surface area contributed by atoms with E-state index in [1.165, 1.54) is 44.5 Å². The third kappa shape index (κ3) is 4.79. The summed E-state index contributed by atoms with van der Waals surface area (Å²) >= 11 is 0. The Morgan fingerprint density at radius 2 is 0.873 bits per heavy atom. The minimum absolute atomic E-state index is 0.587. The Morgan fingerprint density at radius 3 is 1.60 bits per heavy atom. The lowest BCUT2D eigenvalue weighted by molar-refractivity contribution is 0.666. The molecule has 3 aromatic heterocycles. The van der Waals surface area contributed by atoms with Crippen molar-refractivity contribution in [2.45, 2.75) is 5.41 Å². The van der Waals surface area contributed by atoms with Crippen molar-refractivity contribution < 1.29 is 8.83 Å². The van der Waals surface area contributed by atoms with Crippen molar-refractivity contribution in [3.05, 3.63) is 222 Å². The fraction of sp³-hybridized carbons (Fsp3) is 0.0172. The number of hydrogen-bond donors (Lipinski definition) is 0. The van der Waals surface area contributed by atoms with Crippen molar-refractivity contribution >= 4 is 43.9 Å². The standard InChI is InChI=1S/C58H33N3O2/c1-3-14-34(15-4-1)55-59-56(35-16-5-2-6-17-35)61-57(60-55)38-19-13-18-36(30-38)37-26-27-43-51(31-37)63-50-29-28-42-44-32-45-41-22-9-12-25-49(41)62-52(45)33-48(44)58(54(42)53(43)50)46-23-10-7-20-39(46)40-21-8-11-24-47(40)58/h1-33H. The number of benzene rings is 9. The van der Waals surface area contributed by atoms with Gasteiger partial charge in [-0.25, -0.2) is 15.0 Å². The SMILES string of the molecule is c1ccc(-c2nc(-c3ccccc3)nc(-c3cccc(-c4ccc5c(c4)oc4ccc6c(c45)C4(c5ccccc5-c5ccccc54)c4cc5oc7ccccc7c5cc4-6)c3)n2)cc1. The van der Waals surface area contributed by atoms with Gasteiger partial charge >= 0.3 is 0 Å². The summed E-state index contributed by atoms with van der Waals surface area (Å²) in [5.74, 6) is 1.89. The molecule has 1 spiro atoms. The maximum atomic E-state index is 6.93. The average Bonchev–Trinajstić information content (AvgIpc) is 4.08. The fourth-order valence-electron chi connectivity index (χ4n) is 10.7. The molecule has 0 unspecified atom stereocenters. The van der Waals surface area contributed by atoms with E-state index in [0.29, 0.717) is 17.5 Å². The van der Waals surface area contributed by atoms with Crippen LogP contribution in [0.2, 0.25) is 0 Å². The minimum atomic E-state index is -0.587. The molecular weight excluding hydrogens is 771 g/mol. The second kappa shape index (κ2) is 12.8. The van der Waals surface area contributed by atoms with E-state index in [2.05, 4.69) is 133 Å². The number of nitrogens with zero attached hydrogens (tertiary/aromatic N) is 3. The van der Waals surface area contributed by atoms with E-state index in [9.17, 15) is 0 Å². The van der Waals surface area contributed by atoms with Crippen molar-refractivity contribution in [3.63, 3.8) is 0 Å². The third-order valence-corrected chi connectivity index (χ3v) is 13.3. The maximum absolute atomic E-state index is 6.93. The fourth-order valence-corrected chi connectivity index (χ4v) is 10.7. The number of para-hydroxylation sites is 1. The zero-order chi connectivity index (χ0) is 41.2. The summed E-state index contributed by atoms with van der Waals surface area (Å²) in [6, 6.07) is 70.6. The summed E-state index contributed by atoms with van der Waals surface area (Å²) in [6.45, 7) is 0. The molecule has 12 aromatic rings. The largest absolute Gasteiger partial charge is 0.456 e. The molecule has 2 aliphatic carbocycles. The van der Waals surface area contributed by atoms with Crippen LogP contribution in [0.4, 0.5) is 0 Å². The third-order valence-electron chi connectivity index (χ3n) is 13.3. The first-order chi connectivity index (χ1) is 31.2. The number of hydrogen-bond acceptors (Lipinski definition) is 5. The van der Waals surface area contributed by atoms with Gasteiger partial charge in [0.2, 0.25) is 0 Å². The zero-order valence-corrected chi connectivity index (χ0v) is 33.7. The average molecular weight is 804 g/mol. The van der Waals surface area contributed by atoms with Gasteiger partial charge in [-0.05, 0) is 98.1 Å². The smallest absolute Gasteiger partial charge is 0.164 e. The van der Waals surface area contributed by atoms with Crippen molar-refractivity contribution in [3.8, 4) is 67.5 Å². The van der Waals surface area contributed by atoms with Gasteiger partial charge in [-0.15, -0.1) is 0 Å². The molecule has 5 nitrogen and oxygen atoms in total. The molecule has 63 heavy (non-hydrogen) atoms. The Balaban J connectivity index is 0.969. The highest BCUT2D eigenvalue weighted by Crippen LogP contribution is 2.65. The van der Waals surface area contributed by atoms with Crippen LogP contribution in [0.25, 0.3) is 111 Å². The Bertz CT molecular complexity index is 3760. The molecule has 0 saturated carbocycles. The molecule has 0 aliphatic heterocycles. The molecule has 5 heteroatoms. The number of furan rings is 2. The van der Waals surface area contributed by atoms with E-state index in [4.69, 9.17) is 23.8 Å². The zero-order valence-electron chi connectivity index (χ0n) is 33.7. The lowest BCUT2D eigenvalue weighted by Crippen LogP contribution is -2.26. The van der Waals surface area contributed by atoms with Crippen LogP contribution >= 0.6 is 0 Å². The van der Waals surface area contributed by atoms with Crippen molar-refractivity contribution in [1.82, 2.24) is 15.0 Å². The lowest BCUT2D eigenvalue weighted by atomic mass is 9.69. The molecule has 9 aromatic carbocycles. The number of aromatic nitrogens is 3. The van der Waals surface area contributed by atoms with Crippen LogP contribution in [-0.4, -0.2) is 15.0 Å². The molecule has 0 saturated heterocycles. The highest BCUT2D eigenvalue weighted by atomic mass is 16.3. The van der Waals surface area contributed by atoms with Crippen molar-refractivity contribution in [1.29, 1.82) is 0 Å². The van der Waals surface area contributed by atoms with Gasteiger partial charge < -0.3 is 8.83 Å². The quantitative estimate of drug-likeness (QED) is 0.177. The first-order valence-corrected chi connectivity index (χ1v) is 21.3. The monoisotopic (exact) mass is 803 g/mol. The molecule has 292 valence electrons. The first kappa shape index (κ1) is 34.3. The number of rotatable bonds is 4. The summed E-state index contributed by atoms with van der Waals surface area (Å²) in [7, 11) is 0. The van der Waals surface area contributed by atoms with E-state index in [1.807, 2.05) is 66.7 Å². The molecule has 0 N–H and O–H groups in total. The summed E-state index contributed by atoms with van der Waals surface area (Å²) in [5.41, 5.74) is 17.8. The summed E-state index contributed by atoms with van der Waals surface area (Å²) in [4.78, 5) is 14.9. The van der Waals surface area contributed by atoms with Gasteiger partial charge in [0.05, 0.1) is 5.41 Å².